The minimum Gasteiger partial charge on any atom is -0.326 e. The predicted octanol–water partition coefficient (Wildman–Crippen LogP) is 2.94. The number of fused-ring (bicyclic) bond motifs is 1. The molecule has 0 saturated carbocycles. The number of nitrogens with zero attached hydrogens (tertiary/aromatic N) is 4. The van der Waals surface area contributed by atoms with Crippen molar-refractivity contribution in [1.82, 2.24) is 19.5 Å². The summed E-state index contributed by atoms with van der Waals surface area (Å²) in [5.74, 6) is 1.45. The molecule has 1 unspecified atom stereocenters. The fourth-order valence-electron chi connectivity index (χ4n) is 3.61. The van der Waals surface area contributed by atoms with Crippen molar-refractivity contribution >= 4 is 17.2 Å². The molecule has 1 fully saturated rings. The number of benzene rings is 1. The summed E-state index contributed by atoms with van der Waals surface area (Å²) in [4.78, 5) is 14.5. The average Bonchev–Trinajstić information content (AvgIpc) is 3.12. The van der Waals surface area contributed by atoms with Gasteiger partial charge in [-0.25, -0.2) is 0 Å². The highest BCUT2D eigenvalue weighted by Crippen LogP contribution is 2.26. The van der Waals surface area contributed by atoms with E-state index in [1.807, 2.05) is 54.7 Å². The SMILES string of the molecule is O=C(CCN1CCCC(c2nnc3ccccn23)C1)Nc1ccccc1. The van der Waals surface area contributed by atoms with Gasteiger partial charge in [-0.05, 0) is 43.7 Å². The van der Waals surface area contributed by atoms with Crippen molar-refractivity contribution in [2.24, 2.45) is 0 Å². The van der Waals surface area contributed by atoms with Crippen LogP contribution in [0.25, 0.3) is 5.65 Å². The van der Waals surface area contributed by atoms with E-state index in [4.69, 9.17) is 0 Å². The van der Waals surface area contributed by atoms with Gasteiger partial charge < -0.3 is 10.2 Å². The van der Waals surface area contributed by atoms with Gasteiger partial charge in [-0.2, -0.15) is 0 Å². The summed E-state index contributed by atoms with van der Waals surface area (Å²) in [5.41, 5.74) is 1.74. The topological polar surface area (TPSA) is 62.5 Å². The van der Waals surface area contributed by atoms with Crippen molar-refractivity contribution in [3.8, 4) is 0 Å². The second-order valence-electron chi connectivity index (χ2n) is 6.79. The highest BCUT2D eigenvalue weighted by molar-refractivity contribution is 5.90. The van der Waals surface area contributed by atoms with Gasteiger partial charge in [0.1, 0.15) is 5.82 Å². The third kappa shape index (κ3) is 3.75. The molecule has 2 aromatic heterocycles. The first-order valence-corrected chi connectivity index (χ1v) is 9.16. The van der Waals surface area contributed by atoms with Crippen LogP contribution in [0.3, 0.4) is 0 Å². The number of amides is 1. The van der Waals surface area contributed by atoms with Crippen LogP contribution in [0.4, 0.5) is 5.69 Å². The maximum atomic E-state index is 12.2. The van der Waals surface area contributed by atoms with Gasteiger partial charge in [0.05, 0.1) is 0 Å². The Bertz CT molecular complexity index is 876. The summed E-state index contributed by atoms with van der Waals surface area (Å²) < 4.78 is 2.08. The number of carbonyl (C=O) groups excluding carboxylic acids is 1. The Morgan fingerprint density at radius 3 is 2.85 bits per heavy atom. The Kier molecular flexibility index (Phi) is 4.93. The van der Waals surface area contributed by atoms with Crippen LogP contribution in [-0.4, -0.2) is 45.0 Å². The van der Waals surface area contributed by atoms with Crippen molar-refractivity contribution in [2.45, 2.75) is 25.2 Å². The third-order valence-electron chi connectivity index (χ3n) is 4.92. The number of nitrogens with one attached hydrogen (secondary N) is 1. The minimum atomic E-state index is 0.0613. The van der Waals surface area contributed by atoms with Gasteiger partial charge in [0.25, 0.3) is 0 Å². The number of piperidine rings is 1. The molecule has 26 heavy (non-hydrogen) atoms. The highest BCUT2D eigenvalue weighted by atomic mass is 16.1. The number of likely N-dealkylation sites (tertiary alicyclic amines) is 1. The van der Waals surface area contributed by atoms with E-state index in [9.17, 15) is 4.79 Å². The molecule has 1 aliphatic heterocycles. The monoisotopic (exact) mass is 349 g/mol. The van der Waals surface area contributed by atoms with Gasteiger partial charge in [0.2, 0.25) is 5.91 Å². The summed E-state index contributed by atoms with van der Waals surface area (Å²) in [5, 5.41) is 11.6. The lowest BCUT2D eigenvalue weighted by atomic mass is 9.97. The van der Waals surface area contributed by atoms with Crippen LogP contribution < -0.4 is 5.32 Å². The Hall–Kier alpha value is -2.73. The number of hydrogen-bond acceptors (Lipinski definition) is 4. The normalized spacial score (nSPS) is 18.1. The maximum absolute atomic E-state index is 12.2. The standard InChI is InChI=1S/C20H23N5O/c26-19(21-17-8-2-1-3-9-17)11-14-24-12-6-7-16(15-24)20-23-22-18-10-4-5-13-25(18)20/h1-5,8-10,13,16H,6-7,11-12,14-15H2,(H,21,26). The molecule has 0 aliphatic carbocycles. The minimum absolute atomic E-state index is 0.0613. The number of rotatable bonds is 5. The second-order valence-corrected chi connectivity index (χ2v) is 6.79. The lowest BCUT2D eigenvalue weighted by Gasteiger charge is -2.31. The largest absolute Gasteiger partial charge is 0.326 e. The van der Waals surface area contributed by atoms with Crippen molar-refractivity contribution in [2.75, 3.05) is 25.0 Å². The van der Waals surface area contributed by atoms with Gasteiger partial charge in [0, 0.05) is 37.3 Å². The van der Waals surface area contributed by atoms with Crippen molar-refractivity contribution < 1.29 is 4.79 Å². The summed E-state index contributed by atoms with van der Waals surface area (Å²) in [6.45, 7) is 2.73. The van der Waals surface area contributed by atoms with Crippen LogP contribution in [0.1, 0.15) is 31.0 Å². The third-order valence-corrected chi connectivity index (χ3v) is 4.92. The van der Waals surface area contributed by atoms with E-state index in [1.165, 1.54) is 0 Å². The molecule has 1 aliphatic rings. The Morgan fingerprint density at radius 1 is 1.12 bits per heavy atom. The molecule has 0 bridgehead atoms. The van der Waals surface area contributed by atoms with Crippen LogP contribution in [0.5, 0.6) is 0 Å². The van der Waals surface area contributed by atoms with E-state index in [1.54, 1.807) is 0 Å². The quantitative estimate of drug-likeness (QED) is 0.769. The molecule has 1 atom stereocenters. The fraction of sp³-hybridized carbons (Fsp3) is 0.350. The zero-order valence-corrected chi connectivity index (χ0v) is 14.7. The smallest absolute Gasteiger partial charge is 0.225 e. The molecular weight excluding hydrogens is 326 g/mol. The molecule has 3 heterocycles. The van der Waals surface area contributed by atoms with E-state index in [0.717, 1.165) is 49.6 Å². The first kappa shape index (κ1) is 16.7. The Labute approximate surface area is 152 Å². The number of aromatic nitrogens is 3. The molecule has 4 rings (SSSR count). The molecule has 1 saturated heterocycles. The molecule has 0 radical (unpaired) electrons. The number of pyridine rings is 1. The number of para-hydroxylation sites is 1. The summed E-state index contributed by atoms with van der Waals surface area (Å²) in [6.07, 6.45) is 4.76. The number of hydrogen-bond donors (Lipinski definition) is 1. The van der Waals surface area contributed by atoms with Crippen molar-refractivity contribution in [3.63, 3.8) is 0 Å². The van der Waals surface area contributed by atoms with Gasteiger partial charge in [0.15, 0.2) is 5.65 Å². The number of carbonyl (C=O) groups is 1. The Balaban J connectivity index is 1.34. The van der Waals surface area contributed by atoms with E-state index >= 15 is 0 Å². The van der Waals surface area contributed by atoms with Gasteiger partial charge in [-0.1, -0.05) is 24.3 Å². The lowest BCUT2D eigenvalue weighted by Crippen LogP contribution is -2.37. The fourth-order valence-corrected chi connectivity index (χ4v) is 3.61. The first-order valence-electron chi connectivity index (χ1n) is 9.16. The average molecular weight is 349 g/mol. The summed E-state index contributed by atoms with van der Waals surface area (Å²) >= 11 is 0. The van der Waals surface area contributed by atoms with Crippen molar-refractivity contribution in [1.29, 1.82) is 0 Å². The molecular formula is C20H23N5O. The summed E-state index contributed by atoms with van der Waals surface area (Å²) in [7, 11) is 0. The van der Waals surface area contributed by atoms with E-state index in [2.05, 4.69) is 24.8 Å². The zero-order valence-electron chi connectivity index (χ0n) is 14.7. The number of anilines is 1. The van der Waals surface area contributed by atoms with Crippen LogP contribution in [0.2, 0.25) is 0 Å². The van der Waals surface area contributed by atoms with E-state index < -0.39 is 0 Å². The van der Waals surface area contributed by atoms with Gasteiger partial charge in [-0.3, -0.25) is 9.20 Å². The molecule has 0 spiro atoms. The van der Waals surface area contributed by atoms with Crippen LogP contribution in [0, 0.1) is 0 Å². The Morgan fingerprint density at radius 2 is 1.96 bits per heavy atom. The molecule has 1 aromatic carbocycles. The molecule has 1 N–H and O–H groups in total. The molecule has 134 valence electrons. The summed E-state index contributed by atoms with van der Waals surface area (Å²) in [6, 6.07) is 15.6. The van der Waals surface area contributed by atoms with Crippen LogP contribution in [-0.2, 0) is 4.79 Å². The lowest BCUT2D eigenvalue weighted by molar-refractivity contribution is -0.116. The van der Waals surface area contributed by atoms with E-state index in [0.29, 0.717) is 12.3 Å². The molecule has 6 nitrogen and oxygen atoms in total. The van der Waals surface area contributed by atoms with Crippen LogP contribution in [0.15, 0.2) is 54.7 Å². The van der Waals surface area contributed by atoms with Gasteiger partial charge in [-0.15, -0.1) is 10.2 Å². The molecule has 6 heteroatoms. The molecule has 3 aromatic rings. The zero-order chi connectivity index (χ0) is 17.8. The predicted molar refractivity (Wildman–Crippen MR) is 101 cm³/mol. The highest BCUT2D eigenvalue weighted by Gasteiger charge is 2.25. The van der Waals surface area contributed by atoms with E-state index in [-0.39, 0.29) is 5.91 Å². The maximum Gasteiger partial charge on any atom is 0.225 e. The first-order chi connectivity index (χ1) is 12.8. The molecule has 1 amide bonds. The van der Waals surface area contributed by atoms with Gasteiger partial charge >= 0.3 is 0 Å². The van der Waals surface area contributed by atoms with Crippen LogP contribution >= 0.6 is 0 Å². The van der Waals surface area contributed by atoms with Crippen molar-refractivity contribution in [3.05, 3.63) is 60.6 Å². The second kappa shape index (κ2) is 7.66.